The molecule has 0 bridgehead atoms. The van der Waals surface area contributed by atoms with Gasteiger partial charge in [0.15, 0.2) is 0 Å². The number of carbonyl (C=O) groups is 1. The standard InChI is InChI=1S/C14H19N3O2/c1-17(11-14(18)16-7-8-19-2)10-13-5-3-12(9-15)4-6-13/h3-6H,7-8,10-11H2,1-2H3,(H,16,18). The maximum absolute atomic E-state index is 11.6. The van der Waals surface area contributed by atoms with Crippen molar-refractivity contribution in [2.45, 2.75) is 6.54 Å². The lowest BCUT2D eigenvalue weighted by Crippen LogP contribution is -2.36. The summed E-state index contributed by atoms with van der Waals surface area (Å²) in [6, 6.07) is 9.44. The summed E-state index contributed by atoms with van der Waals surface area (Å²) >= 11 is 0. The van der Waals surface area contributed by atoms with E-state index < -0.39 is 0 Å². The first kappa shape index (κ1) is 15.2. The van der Waals surface area contributed by atoms with E-state index in [4.69, 9.17) is 10.00 Å². The number of nitrogens with zero attached hydrogens (tertiary/aromatic N) is 2. The van der Waals surface area contributed by atoms with E-state index in [-0.39, 0.29) is 5.91 Å². The number of methoxy groups -OCH3 is 1. The van der Waals surface area contributed by atoms with Gasteiger partial charge in [-0.3, -0.25) is 9.69 Å². The highest BCUT2D eigenvalue weighted by molar-refractivity contribution is 5.77. The molecule has 1 rings (SSSR count). The van der Waals surface area contributed by atoms with Crippen molar-refractivity contribution >= 4 is 5.91 Å². The van der Waals surface area contributed by atoms with Crippen molar-refractivity contribution in [1.29, 1.82) is 5.26 Å². The second-order valence-electron chi connectivity index (χ2n) is 4.32. The summed E-state index contributed by atoms with van der Waals surface area (Å²) in [5.74, 6) is -0.0202. The highest BCUT2D eigenvalue weighted by Gasteiger charge is 2.06. The summed E-state index contributed by atoms with van der Waals surface area (Å²) in [6.45, 7) is 2.05. The summed E-state index contributed by atoms with van der Waals surface area (Å²) in [6.07, 6.45) is 0. The van der Waals surface area contributed by atoms with Crippen molar-refractivity contribution in [1.82, 2.24) is 10.2 Å². The number of nitriles is 1. The topological polar surface area (TPSA) is 65.4 Å². The van der Waals surface area contributed by atoms with Gasteiger partial charge in [0.1, 0.15) is 0 Å². The van der Waals surface area contributed by atoms with Crippen molar-refractivity contribution in [3.8, 4) is 6.07 Å². The van der Waals surface area contributed by atoms with Gasteiger partial charge in [0.2, 0.25) is 5.91 Å². The predicted molar refractivity (Wildman–Crippen MR) is 72.4 cm³/mol. The lowest BCUT2D eigenvalue weighted by molar-refractivity contribution is -0.122. The molecule has 5 nitrogen and oxygen atoms in total. The number of ether oxygens (including phenoxy) is 1. The van der Waals surface area contributed by atoms with Gasteiger partial charge < -0.3 is 10.1 Å². The average molecular weight is 261 g/mol. The number of amides is 1. The number of benzene rings is 1. The Kier molecular flexibility index (Phi) is 6.58. The Morgan fingerprint density at radius 2 is 2.11 bits per heavy atom. The molecule has 0 aliphatic heterocycles. The zero-order valence-electron chi connectivity index (χ0n) is 11.3. The summed E-state index contributed by atoms with van der Waals surface area (Å²) < 4.78 is 4.86. The third-order valence-corrected chi connectivity index (χ3v) is 2.58. The second-order valence-corrected chi connectivity index (χ2v) is 4.32. The van der Waals surface area contributed by atoms with E-state index in [1.165, 1.54) is 0 Å². The molecule has 0 spiro atoms. The zero-order chi connectivity index (χ0) is 14.1. The van der Waals surface area contributed by atoms with Gasteiger partial charge in [-0.15, -0.1) is 0 Å². The quantitative estimate of drug-likeness (QED) is 0.736. The van der Waals surface area contributed by atoms with Gasteiger partial charge >= 0.3 is 0 Å². The molecule has 0 aliphatic rings. The van der Waals surface area contributed by atoms with E-state index in [0.717, 1.165) is 5.56 Å². The van der Waals surface area contributed by atoms with E-state index in [1.807, 2.05) is 24.1 Å². The van der Waals surface area contributed by atoms with Gasteiger partial charge in [0.05, 0.1) is 24.8 Å². The van der Waals surface area contributed by atoms with Crippen LogP contribution in [0.3, 0.4) is 0 Å². The first-order valence-electron chi connectivity index (χ1n) is 6.09. The summed E-state index contributed by atoms with van der Waals surface area (Å²) in [7, 11) is 3.48. The molecule has 1 N–H and O–H groups in total. The fourth-order valence-corrected chi connectivity index (χ4v) is 1.65. The Morgan fingerprint density at radius 1 is 1.42 bits per heavy atom. The molecule has 0 aromatic heterocycles. The van der Waals surface area contributed by atoms with Gasteiger partial charge in [0.25, 0.3) is 0 Å². The molecule has 0 unspecified atom stereocenters. The molecule has 0 saturated heterocycles. The third kappa shape index (κ3) is 6.00. The lowest BCUT2D eigenvalue weighted by atomic mass is 10.1. The minimum absolute atomic E-state index is 0.0202. The Morgan fingerprint density at radius 3 is 2.68 bits per heavy atom. The number of hydrogen-bond donors (Lipinski definition) is 1. The van der Waals surface area contributed by atoms with Crippen LogP contribution in [0.2, 0.25) is 0 Å². The summed E-state index contributed by atoms with van der Waals surface area (Å²) in [5, 5.41) is 11.5. The molecule has 5 heteroatoms. The second kappa shape index (κ2) is 8.25. The fraction of sp³-hybridized carbons (Fsp3) is 0.429. The molecule has 0 radical (unpaired) electrons. The van der Waals surface area contributed by atoms with Crippen LogP contribution in [0, 0.1) is 11.3 Å². The van der Waals surface area contributed by atoms with Crippen LogP contribution in [-0.4, -0.2) is 44.7 Å². The van der Waals surface area contributed by atoms with Gasteiger partial charge in [-0.2, -0.15) is 5.26 Å². The first-order chi connectivity index (χ1) is 9.15. The largest absolute Gasteiger partial charge is 0.383 e. The Hall–Kier alpha value is -1.90. The van der Waals surface area contributed by atoms with E-state index >= 15 is 0 Å². The van der Waals surface area contributed by atoms with Gasteiger partial charge in [0, 0.05) is 20.2 Å². The van der Waals surface area contributed by atoms with Gasteiger partial charge in [-0.1, -0.05) is 12.1 Å². The maximum atomic E-state index is 11.6. The molecule has 0 fully saturated rings. The van der Waals surface area contributed by atoms with Crippen LogP contribution in [0.25, 0.3) is 0 Å². The molecule has 1 amide bonds. The van der Waals surface area contributed by atoms with Crippen molar-refractivity contribution in [2.75, 3.05) is 33.9 Å². The monoisotopic (exact) mass is 261 g/mol. The number of hydrogen-bond acceptors (Lipinski definition) is 4. The van der Waals surface area contributed by atoms with Crippen molar-refractivity contribution in [3.05, 3.63) is 35.4 Å². The molecular weight excluding hydrogens is 242 g/mol. The van der Waals surface area contributed by atoms with E-state index in [1.54, 1.807) is 19.2 Å². The number of likely N-dealkylation sites (N-methyl/N-ethyl adjacent to an activating group) is 1. The fourth-order valence-electron chi connectivity index (χ4n) is 1.65. The third-order valence-electron chi connectivity index (χ3n) is 2.58. The minimum Gasteiger partial charge on any atom is -0.383 e. The van der Waals surface area contributed by atoms with Crippen LogP contribution in [-0.2, 0) is 16.1 Å². The van der Waals surface area contributed by atoms with Crippen molar-refractivity contribution in [2.24, 2.45) is 0 Å². The number of rotatable bonds is 7. The predicted octanol–water partition coefficient (Wildman–Crippen LogP) is 0.753. The highest BCUT2D eigenvalue weighted by Crippen LogP contribution is 2.05. The van der Waals surface area contributed by atoms with Crippen LogP contribution in [0.1, 0.15) is 11.1 Å². The average Bonchev–Trinajstić information content (AvgIpc) is 2.39. The highest BCUT2D eigenvalue weighted by atomic mass is 16.5. The number of carbonyl (C=O) groups excluding carboxylic acids is 1. The first-order valence-corrected chi connectivity index (χ1v) is 6.09. The van der Waals surface area contributed by atoms with Crippen molar-refractivity contribution < 1.29 is 9.53 Å². The lowest BCUT2D eigenvalue weighted by Gasteiger charge is -2.16. The molecule has 102 valence electrons. The Balaban J connectivity index is 2.35. The van der Waals surface area contributed by atoms with Crippen LogP contribution < -0.4 is 5.32 Å². The molecule has 1 aromatic carbocycles. The SMILES string of the molecule is COCCNC(=O)CN(C)Cc1ccc(C#N)cc1. The zero-order valence-corrected chi connectivity index (χ0v) is 11.3. The summed E-state index contributed by atoms with van der Waals surface area (Å²) in [4.78, 5) is 13.5. The molecule has 0 aliphatic carbocycles. The van der Waals surface area contributed by atoms with Crippen LogP contribution in [0.15, 0.2) is 24.3 Å². The van der Waals surface area contributed by atoms with Gasteiger partial charge in [-0.25, -0.2) is 0 Å². The number of nitrogens with one attached hydrogen (secondary N) is 1. The molecule has 0 atom stereocenters. The molecule has 19 heavy (non-hydrogen) atoms. The van der Waals surface area contributed by atoms with E-state index in [2.05, 4.69) is 11.4 Å². The van der Waals surface area contributed by atoms with Crippen molar-refractivity contribution in [3.63, 3.8) is 0 Å². The minimum atomic E-state index is -0.0202. The van der Waals surface area contributed by atoms with E-state index in [0.29, 0.717) is 31.8 Å². The molecule has 0 heterocycles. The van der Waals surface area contributed by atoms with E-state index in [9.17, 15) is 4.79 Å². The summed E-state index contributed by atoms with van der Waals surface area (Å²) in [5.41, 5.74) is 1.72. The normalized spacial score (nSPS) is 10.2. The Labute approximate surface area is 113 Å². The molecular formula is C14H19N3O2. The smallest absolute Gasteiger partial charge is 0.234 e. The van der Waals surface area contributed by atoms with Crippen LogP contribution >= 0.6 is 0 Å². The van der Waals surface area contributed by atoms with Gasteiger partial charge in [-0.05, 0) is 24.7 Å². The Bertz CT molecular complexity index is 437. The van der Waals surface area contributed by atoms with Crippen LogP contribution in [0.5, 0.6) is 0 Å². The maximum Gasteiger partial charge on any atom is 0.234 e. The molecule has 1 aromatic rings. The van der Waals surface area contributed by atoms with Crippen LogP contribution in [0.4, 0.5) is 0 Å². The molecule has 0 saturated carbocycles.